The smallest absolute Gasteiger partial charge is 0.306 e. The highest BCUT2D eigenvalue weighted by Gasteiger charge is 2.19. The van der Waals surface area contributed by atoms with Crippen molar-refractivity contribution < 1.29 is 28.6 Å². The van der Waals surface area contributed by atoms with Crippen LogP contribution in [0.3, 0.4) is 0 Å². The molecule has 0 aliphatic heterocycles. The Morgan fingerprint density at radius 2 is 0.493 bits per heavy atom. The molecule has 0 aromatic rings. The fourth-order valence-electron chi connectivity index (χ4n) is 9.71. The summed E-state index contributed by atoms with van der Waals surface area (Å²) in [7, 11) is 0. The van der Waals surface area contributed by atoms with Gasteiger partial charge in [-0.05, 0) is 77.0 Å². The van der Waals surface area contributed by atoms with E-state index in [0.29, 0.717) is 19.3 Å². The van der Waals surface area contributed by atoms with Gasteiger partial charge in [0.1, 0.15) is 13.2 Å². The van der Waals surface area contributed by atoms with Gasteiger partial charge in [-0.2, -0.15) is 0 Å². The number of carbonyl (C=O) groups excluding carboxylic acids is 3. The Labute approximate surface area is 455 Å². The van der Waals surface area contributed by atoms with E-state index in [4.69, 9.17) is 14.2 Å². The lowest BCUT2D eigenvalue weighted by molar-refractivity contribution is -0.167. The molecule has 0 amide bonds. The van der Waals surface area contributed by atoms with Crippen LogP contribution in [0.15, 0.2) is 36.5 Å². The second kappa shape index (κ2) is 62.2. The van der Waals surface area contributed by atoms with E-state index in [2.05, 4.69) is 57.2 Å². The number of hydrogen-bond acceptors (Lipinski definition) is 6. The Balaban J connectivity index is 4.30. The molecule has 6 nitrogen and oxygen atoms in total. The van der Waals surface area contributed by atoms with E-state index in [9.17, 15) is 14.4 Å². The third kappa shape index (κ3) is 60.4. The zero-order valence-electron chi connectivity index (χ0n) is 49.2. The Morgan fingerprint density at radius 3 is 0.781 bits per heavy atom. The summed E-state index contributed by atoms with van der Waals surface area (Å²) in [5.74, 6) is -0.876. The lowest BCUT2D eigenvalue weighted by atomic mass is 10.0. The van der Waals surface area contributed by atoms with Crippen molar-refractivity contribution >= 4 is 17.9 Å². The van der Waals surface area contributed by atoms with Crippen molar-refractivity contribution in [1.82, 2.24) is 0 Å². The second-order valence-corrected chi connectivity index (χ2v) is 22.0. The number of allylic oxidation sites excluding steroid dienone is 6. The molecule has 0 aliphatic rings. The molecule has 0 saturated heterocycles. The van der Waals surface area contributed by atoms with Crippen LogP contribution >= 0.6 is 0 Å². The summed E-state index contributed by atoms with van der Waals surface area (Å²) in [6.45, 7) is 6.66. The molecular formula is C67H124O6. The summed E-state index contributed by atoms with van der Waals surface area (Å²) in [5.41, 5.74) is 0. The van der Waals surface area contributed by atoms with Crippen LogP contribution in [0.1, 0.15) is 355 Å². The molecule has 0 heterocycles. The first-order valence-electron chi connectivity index (χ1n) is 32.5. The maximum Gasteiger partial charge on any atom is 0.306 e. The monoisotopic (exact) mass is 1020 g/mol. The molecule has 0 saturated carbocycles. The lowest BCUT2D eigenvalue weighted by Crippen LogP contribution is -2.30. The quantitative estimate of drug-likeness (QED) is 0.0261. The van der Waals surface area contributed by atoms with Crippen molar-refractivity contribution in [2.75, 3.05) is 13.2 Å². The summed E-state index contributed by atoms with van der Waals surface area (Å²) >= 11 is 0. The summed E-state index contributed by atoms with van der Waals surface area (Å²) in [6.07, 6.45) is 75.8. The molecule has 0 aromatic heterocycles. The molecule has 1 unspecified atom stereocenters. The van der Waals surface area contributed by atoms with Gasteiger partial charge in [-0.25, -0.2) is 0 Å². The Hall–Kier alpha value is -2.37. The van der Waals surface area contributed by atoms with Gasteiger partial charge >= 0.3 is 17.9 Å². The van der Waals surface area contributed by atoms with Crippen molar-refractivity contribution in [3.05, 3.63) is 36.5 Å². The van der Waals surface area contributed by atoms with Gasteiger partial charge in [0.25, 0.3) is 0 Å². The Bertz CT molecular complexity index is 1220. The largest absolute Gasteiger partial charge is 0.462 e. The molecule has 0 aliphatic carbocycles. The van der Waals surface area contributed by atoms with Crippen LogP contribution in [-0.4, -0.2) is 37.2 Å². The van der Waals surface area contributed by atoms with Gasteiger partial charge in [0.15, 0.2) is 6.10 Å². The standard InChI is InChI=1S/C67H124O6/c1-4-7-10-13-16-19-22-25-28-31-32-33-34-35-36-37-40-42-45-48-51-54-57-60-66(69)72-63-64(73-67(70)61-58-55-52-49-46-43-39-30-27-24-21-18-15-12-9-6-3)62-71-65(68)59-56-53-50-47-44-41-38-29-26-23-20-17-14-11-8-5-2/h21,24,29-30,38-39,64H,4-20,22-23,25-28,31-37,40-63H2,1-3H3/b24-21-,38-29-,39-30-. The van der Waals surface area contributed by atoms with Crippen LogP contribution in [0.2, 0.25) is 0 Å². The third-order valence-corrected chi connectivity index (χ3v) is 14.6. The molecule has 0 aromatic carbocycles. The first kappa shape index (κ1) is 70.6. The van der Waals surface area contributed by atoms with E-state index in [-0.39, 0.29) is 31.1 Å². The SMILES string of the molecule is CCCCCC/C=C\C/C=C\CCCCCCCC(=O)OC(COC(=O)CCCCCCC/C=C\CCCCCCCCC)COC(=O)CCCCCCCCCCCCCCCCCCCCCCCCC. The van der Waals surface area contributed by atoms with Gasteiger partial charge in [-0.15, -0.1) is 0 Å². The van der Waals surface area contributed by atoms with Crippen LogP contribution in [-0.2, 0) is 28.6 Å². The van der Waals surface area contributed by atoms with Gasteiger partial charge in [0, 0.05) is 19.3 Å². The van der Waals surface area contributed by atoms with E-state index in [1.54, 1.807) is 0 Å². The number of rotatable bonds is 60. The third-order valence-electron chi connectivity index (χ3n) is 14.6. The summed E-state index contributed by atoms with van der Waals surface area (Å²) in [5, 5.41) is 0. The average molecular weight is 1030 g/mol. The van der Waals surface area contributed by atoms with E-state index in [1.165, 1.54) is 225 Å². The van der Waals surface area contributed by atoms with E-state index in [0.717, 1.165) is 89.9 Å². The minimum atomic E-state index is -0.781. The van der Waals surface area contributed by atoms with Crippen molar-refractivity contribution in [2.24, 2.45) is 0 Å². The summed E-state index contributed by atoms with van der Waals surface area (Å²) < 4.78 is 16.9. The minimum Gasteiger partial charge on any atom is -0.462 e. The fourth-order valence-corrected chi connectivity index (χ4v) is 9.71. The molecule has 6 heteroatoms. The van der Waals surface area contributed by atoms with Crippen molar-refractivity contribution in [2.45, 2.75) is 361 Å². The number of unbranched alkanes of at least 4 members (excludes halogenated alkanes) is 43. The Morgan fingerprint density at radius 1 is 0.274 bits per heavy atom. The zero-order chi connectivity index (χ0) is 52.9. The highest BCUT2D eigenvalue weighted by Crippen LogP contribution is 2.17. The van der Waals surface area contributed by atoms with Crippen LogP contribution < -0.4 is 0 Å². The van der Waals surface area contributed by atoms with Crippen LogP contribution in [0, 0.1) is 0 Å². The van der Waals surface area contributed by atoms with Crippen LogP contribution in [0.4, 0.5) is 0 Å². The molecule has 0 bridgehead atoms. The maximum absolute atomic E-state index is 12.9. The minimum absolute atomic E-state index is 0.0764. The van der Waals surface area contributed by atoms with Crippen molar-refractivity contribution in [3.63, 3.8) is 0 Å². The maximum atomic E-state index is 12.9. The zero-order valence-corrected chi connectivity index (χ0v) is 49.2. The molecule has 1 atom stereocenters. The first-order valence-corrected chi connectivity index (χ1v) is 32.5. The van der Waals surface area contributed by atoms with Gasteiger partial charge in [0.2, 0.25) is 0 Å². The van der Waals surface area contributed by atoms with Crippen molar-refractivity contribution in [3.8, 4) is 0 Å². The molecule has 0 N–H and O–H groups in total. The molecule has 428 valence electrons. The second-order valence-electron chi connectivity index (χ2n) is 22.0. The molecule has 73 heavy (non-hydrogen) atoms. The average Bonchev–Trinajstić information content (AvgIpc) is 3.39. The molecule has 0 radical (unpaired) electrons. The number of carbonyl (C=O) groups is 3. The van der Waals surface area contributed by atoms with Gasteiger partial charge < -0.3 is 14.2 Å². The van der Waals surface area contributed by atoms with E-state index < -0.39 is 6.10 Å². The number of ether oxygens (including phenoxy) is 3. The van der Waals surface area contributed by atoms with Gasteiger partial charge in [-0.1, -0.05) is 295 Å². The molecular weight excluding hydrogens is 901 g/mol. The normalized spacial score (nSPS) is 12.2. The number of esters is 3. The fraction of sp³-hybridized carbons (Fsp3) is 0.866. The Kier molecular flexibility index (Phi) is 60.2. The topological polar surface area (TPSA) is 78.9 Å². The lowest BCUT2D eigenvalue weighted by Gasteiger charge is -2.18. The molecule has 0 rings (SSSR count). The van der Waals surface area contributed by atoms with Gasteiger partial charge in [-0.3, -0.25) is 14.4 Å². The van der Waals surface area contributed by atoms with Crippen LogP contribution in [0.5, 0.6) is 0 Å². The predicted octanol–water partition coefficient (Wildman–Crippen LogP) is 22.0. The molecule has 0 fully saturated rings. The van der Waals surface area contributed by atoms with Crippen molar-refractivity contribution in [1.29, 1.82) is 0 Å². The first-order chi connectivity index (χ1) is 36.0. The van der Waals surface area contributed by atoms with E-state index in [1.807, 2.05) is 0 Å². The van der Waals surface area contributed by atoms with Crippen LogP contribution in [0.25, 0.3) is 0 Å². The van der Waals surface area contributed by atoms with E-state index >= 15 is 0 Å². The number of hydrogen-bond donors (Lipinski definition) is 0. The van der Waals surface area contributed by atoms with Gasteiger partial charge in [0.05, 0.1) is 0 Å². The predicted molar refractivity (Wildman–Crippen MR) is 316 cm³/mol. The summed E-state index contributed by atoms with van der Waals surface area (Å²) in [4.78, 5) is 38.3. The highest BCUT2D eigenvalue weighted by molar-refractivity contribution is 5.71. The summed E-state index contributed by atoms with van der Waals surface area (Å²) in [6, 6.07) is 0. The highest BCUT2D eigenvalue weighted by atomic mass is 16.6. The molecule has 0 spiro atoms.